The van der Waals surface area contributed by atoms with Crippen molar-refractivity contribution < 1.29 is 14.5 Å². The highest BCUT2D eigenvalue weighted by Crippen LogP contribution is 2.26. The Hall–Kier alpha value is -2.15. The summed E-state index contributed by atoms with van der Waals surface area (Å²) in [6.07, 6.45) is 6.61. The van der Waals surface area contributed by atoms with E-state index in [0.717, 1.165) is 25.7 Å². The van der Waals surface area contributed by atoms with Crippen LogP contribution in [0.5, 0.6) is 0 Å². The number of rotatable bonds is 7. The molecule has 0 atom stereocenters. The van der Waals surface area contributed by atoms with Crippen LogP contribution >= 0.6 is 0 Å². The monoisotopic (exact) mass is 335 g/mol. The number of methoxy groups -OCH3 is 1. The topological polar surface area (TPSA) is 93.5 Å². The number of hydrogen-bond donors (Lipinski definition) is 2. The van der Waals surface area contributed by atoms with Crippen molar-refractivity contribution in [2.45, 2.75) is 44.6 Å². The molecule has 1 saturated carbocycles. The molecule has 2 N–H and O–H groups in total. The predicted octanol–water partition coefficient (Wildman–Crippen LogP) is 3.11. The molecule has 0 spiro atoms. The fourth-order valence-corrected chi connectivity index (χ4v) is 2.95. The summed E-state index contributed by atoms with van der Waals surface area (Å²) in [5.41, 5.74) is 0.617. The second kappa shape index (κ2) is 9.22. The minimum Gasteiger partial charge on any atom is -0.383 e. The van der Waals surface area contributed by atoms with E-state index in [2.05, 4.69) is 10.6 Å². The molecule has 0 aromatic heterocycles. The fourth-order valence-electron chi connectivity index (χ4n) is 2.95. The van der Waals surface area contributed by atoms with E-state index in [9.17, 15) is 14.9 Å². The number of nitro benzene ring substituents is 1. The lowest BCUT2D eigenvalue weighted by molar-refractivity contribution is -0.384. The third-order valence-electron chi connectivity index (χ3n) is 4.27. The zero-order valence-electron chi connectivity index (χ0n) is 14.0. The normalized spacial score (nSPS) is 15.5. The summed E-state index contributed by atoms with van der Waals surface area (Å²) in [5, 5.41) is 17.2. The van der Waals surface area contributed by atoms with Crippen LogP contribution in [0.1, 0.15) is 48.9 Å². The summed E-state index contributed by atoms with van der Waals surface area (Å²) in [6, 6.07) is 4.70. The Labute approximate surface area is 141 Å². The molecule has 0 unspecified atom stereocenters. The van der Waals surface area contributed by atoms with Gasteiger partial charge in [-0.15, -0.1) is 0 Å². The van der Waals surface area contributed by atoms with Crippen LogP contribution in [-0.2, 0) is 4.74 Å². The van der Waals surface area contributed by atoms with Crippen LogP contribution in [0, 0.1) is 10.1 Å². The molecule has 7 nitrogen and oxygen atoms in total. The van der Waals surface area contributed by atoms with Crippen LogP contribution in [0.4, 0.5) is 11.4 Å². The zero-order valence-corrected chi connectivity index (χ0v) is 14.0. The van der Waals surface area contributed by atoms with Crippen molar-refractivity contribution in [3.63, 3.8) is 0 Å². The van der Waals surface area contributed by atoms with Crippen molar-refractivity contribution in [1.82, 2.24) is 5.32 Å². The SMILES string of the molecule is COCCNc1ccc(C(=O)NC2CCCCCC2)cc1[N+](=O)[O-]. The maximum Gasteiger partial charge on any atom is 0.293 e. The largest absolute Gasteiger partial charge is 0.383 e. The molecule has 132 valence electrons. The standard InChI is InChI=1S/C17H25N3O4/c1-24-11-10-18-15-9-8-13(12-16(15)20(22)23)17(21)19-14-6-4-2-3-5-7-14/h8-9,12,14,18H,2-7,10-11H2,1H3,(H,19,21). The van der Waals surface area contributed by atoms with Crippen LogP contribution in [-0.4, -0.2) is 37.1 Å². The Bertz CT molecular complexity index is 569. The molecule has 1 aromatic carbocycles. The molecule has 24 heavy (non-hydrogen) atoms. The van der Waals surface area contributed by atoms with Gasteiger partial charge in [0.2, 0.25) is 0 Å². The number of nitrogens with zero attached hydrogens (tertiary/aromatic N) is 1. The second-order valence-electron chi connectivity index (χ2n) is 6.07. The highest BCUT2D eigenvalue weighted by Gasteiger charge is 2.20. The number of carbonyl (C=O) groups is 1. The van der Waals surface area contributed by atoms with Crippen molar-refractivity contribution in [3.05, 3.63) is 33.9 Å². The molecule has 2 rings (SSSR count). The van der Waals surface area contributed by atoms with Crippen molar-refractivity contribution in [2.24, 2.45) is 0 Å². The molecule has 1 aliphatic carbocycles. The molecule has 0 heterocycles. The molecular formula is C17H25N3O4. The highest BCUT2D eigenvalue weighted by atomic mass is 16.6. The first-order chi connectivity index (χ1) is 11.6. The van der Waals surface area contributed by atoms with Gasteiger partial charge in [-0.05, 0) is 25.0 Å². The van der Waals surface area contributed by atoms with Crippen molar-refractivity contribution in [2.75, 3.05) is 25.6 Å². The van der Waals surface area contributed by atoms with E-state index in [1.807, 2.05) is 0 Å². The van der Waals surface area contributed by atoms with E-state index >= 15 is 0 Å². The quantitative estimate of drug-likeness (QED) is 0.346. The van der Waals surface area contributed by atoms with Gasteiger partial charge in [-0.1, -0.05) is 25.7 Å². The molecular weight excluding hydrogens is 310 g/mol. The summed E-state index contributed by atoms with van der Waals surface area (Å²) in [5.74, 6) is -0.242. The number of benzene rings is 1. The minimum absolute atomic E-state index is 0.0976. The lowest BCUT2D eigenvalue weighted by Gasteiger charge is -2.16. The number of amides is 1. The van der Waals surface area contributed by atoms with Gasteiger partial charge in [-0.3, -0.25) is 14.9 Å². The predicted molar refractivity (Wildman–Crippen MR) is 92.4 cm³/mol. The Morgan fingerprint density at radius 3 is 2.62 bits per heavy atom. The molecule has 0 saturated heterocycles. The third kappa shape index (κ3) is 5.19. The fraction of sp³-hybridized carbons (Fsp3) is 0.588. The lowest BCUT2D eigenvalue weighted by atomic mass is 10.1. The molecule has 0 radical (unpaired) electrons. The minimum atomic E-state index is -0.475. The summed E-state index contributed by atoms with van der Waals surface area (Å²) >= 11 is 0. The Balaban J connectivity index is 2.07. The maximum absolute atomic E-state index is 12.4. The molecule has 0 bridgehead atoms. The maximum atomic E-state index is 12.4. The zero-order chi connectivity index (χ0) is 17.4. The molecule has 1 amide bonds. The smallest absolute Gasteiger partial charge is 0.293 e. The Morgan fingerprint density at radius 2 is 2.00 bits per heavy atom. The van der Waals surface area contributed by atoms with E-state index in [4.69, 9.17) is 4.74 Å². The van der Waals surface area contributed by atoms with Crippen LogP contribution in [0.3, 0.4) is 0 Å². The molecule has 1 aromatic rings. The molecule has 1 aliphatic rings. The van der Waals surface area contributed by atoms with Crippen LogP contribution in [0.2, 0.25) is 0 Å². The Morgan fingerprint density at radius 1 is 1.29 bits per heavy atom. The van der Waals surface area contributed by atoms with Gasteiger partial charge in [0.15, 0.2) is 0 Å². The van der Waals surface area contributed by atoms with Gasteiger partial charge in [0, 0.05) is 31.3 Å². The molecule has 7 heteroatoms. The number of carbonyl (C=O) groups excluding carboxylic acids is 1. The van der Waals surface area contributed by atoms with Gasteiger partial charge < -0.3 is 15.4 Å². The van der Waals surface area contributed by atoms with Gasteiger partial charge in [0.1, 0.15) is 5.69 Å². The van der Waals surface area contributed by atoms with Crippen LogP contribution < -0.4 is 10.6 Å². The number of nitro groups is 1. The number of anilines is 1. The number of hydrogen-bond acceptors (Lipinski definition) is 5. The average molecular weight is 335 g/mol. The van der Waals surface area contributed by atoms with Gasteiger partial charge in [-0.25, -0.2) is 0 Å². The van der Waals surface area contributed by atoms with Gasteiger partial charge in [-0.2, -0.15) is 0 Å². The van der Waals surface area contributed by atoms with Crippen molar-refractivity contribution in [3.8, 4) is 0 Å². The lowest BCUT2D eigenvalue weighted by Crippen LogP contribution is -2.34. The van der Waals surface area contributed by atoms with Crippen LogP contribution in [0.25, 0.3) is 0 Å². The molecule has 0 aliphatic heterocycles. The summed E-state index contributed by atoms with van der Waals surface area (Å²) in [4.78, 5) is 23.2. The first kappa shape index (κ1) is 18.2. The van der Waals surface area contributed by atoms with Gasteiger partial charge in [0.25, 0.3) is 11.6 Å². The first-order valence-electron chi connectivity index (χ1n) is 8.44. The third-order valence-corrected chi connectivity index (χ3v) is 4.27. The number of nitrogens with one attached hydrogen (secondary N) is 2. The van der Waals surface area contributed by atoms with E-state index in [-0.39, 0.29) is 17.6 Å². The number of ether oxygens (including phenoxy) is 1. The van der Waals surface area contributed by atoms with Gasteiger partial charge in [0.05, 0.1) is 11.5 Å². The van der Waals surface area contributed by atoms with Gasteiger partial charge >= 0.3 is 0 Å². The van der Waals surface area contributed by atoms with E-state index < -0.39 is 4.92 Å². The summed E-state index contributed by atoms with van der Waals surface area (Å²) < 4.78 is 4.92. The van der Waals surface area contributed by atoms with E-state index in [1.54, 1.807) is 19.2 Å². The van der Waals surface area contributed by atoms with Crippen LogP contribution in [0.15, 0.2) is 18.2 Å². The van der Waals surface area contributed by atoms with E-state index in [0.29, 0.717) is 24.4 Å². The molecule has 1 fully saturated rings. The van der Waals surface area contributed by atoms with E-state index in [1.165, 1.54) is 18.9 Å². The summed E-state index contributed by atoms with van der Waals surface area (Å²) in [7, 11) is 1.57. The van der Waals surface area contributed by atoms with Crippen molar-refractivity contribution >= 4 is 17.3 Å². The highest BCUT2D eigenvalue weighted by molar-refractivity contribution is 5.95. The second-order valence-corrected chi connectivity index (χ2v) is 6.07. The Kier molecular flexibility index (Phi) is 6.99. The first-order valence-corrected chi connectivity index (χ1v) is 8.44. The van der Waals surface area contributed by atoms with Crippen molar-refractivity contribution in [1.29, 1.82) is 0 Å². The average Bonchev–Trinajstić information content (AvgIpc) is 2.83. The summed E-state index contributed by atoms with van der Waals surface area (Å²) in [6.45, 7) is 0.909.